The summed E-state index contributed by atoms with van der Waals surface area (Å²) < 4.78 is 1.73. The lowest BCUT2D eigenvalue weighted by Crippen LogP contribution is -2.48. The van der Waals surface area contributed by atoms with Crippen LogP contribution in [0, 0.1) is 13.8 Å². The molecule has 1 amide bonds. The van der Waals surface area contributed by atoms with Crippen molar-refractivity contribution in [1.29, 1.82) is 0 Å². The molecule has 0 saturated carbocycles. The SMILES string of the molecule is Cc1nc2ncnn2c(C)c1CCC(=O)N1CCN(c2ccc(Cl)cc2)CC1. The fourth-order valence-corrected chi connectivity index (χ4v) is 3.90. The van der Waals surface area contributed by atoms with Gasteiger partial charge in [-0.2, -0.15) is 10.1 Å². The van der Waals surface area contributed by atoms with Gasteiger partial charge in [0.05, 0.1) is 0 Å². The largest absolute Gasteiger partial charge is 0.368 e. The van der Waals surface area contributed by atoms with Crippen molar-refractivity contribution < 1.29 is 4.79 Å². The Morgan fingerprint density at radius 2 is 1.82 bits per heavy atom. The Morgan fingerprint density at radius 1 is 1.11 bits per heavy atom. The molecule has 0 atom stereocenters. The molecule has 0 aliphatic carbocycles. The number of hydrogen-bond acceptors (Lipinski definition) is 5. The number of halogens is 1. The average molecular weight is 399 g/mol. The molecule has 1 aliphatic heterocycles. The molecule has 1 aromatic carbocycles. The van der Waals surface area contributed by atoms with E-state index in [1.807, 2.05) is 43.0 Å². The number of piperazine rings is 1. The summed E-state index contributed by atoms with van der Waals surface area (Å²) in [6.45, 7) is 7.10. The standard InChI is InChI=1S/C20H23ClN6O/c1-14-18(15(2)27-20(24-14)22-13-23-27)7-8-19(28)26-11-9-25(10-12-26)17-5-3-16(21)4-6-17/h3-6,13H,7-12H2,1-2H3. The summed E-state index contributed by atoms with van der Waals surface area (Å²) in [5, 5.41) is 4.95. The number of hydrogen-bond donors (Lipinski definition) is 0. The van der Waals surface area contributed by atoms with Gasteiger partial charge in [-0.3, -0.25) is 4.79 Å². The third kappa shape index (κ3) is 3.67. The van der Waals surface area contributed by atoms with E-state index < -0.39 is 0 Å². The van der Waals surface area contributed by atoms with Crippen molar-refractivity contribution in [3.63, 3.8) is 0 Å². The predicted octanol–water partition coefficient (Wildman–Crippen LogP) is 2.68. The quantitative estimate of drug-likeness (QED) is 0.676. The van der Waals surface area contributed by atoms with Gasteiger partial charge in [0.1, 0.15) is 6.33 Å². The fraction of sp³-hybridized carbons (Fsp3) is 0.400. The summed E-state index contributed by atoms with van der Waals surface area (Å²) in [6, 6.07) is 7.86. The summed E-state index contributed by atoms with van der Waals surface area (Å²) in [5.41, 5.74) is 4.14. The van der Waals surface area contributed by atoms with Gasteiger partial charge >= 0.3 is 0 Å². The average Bonchev–Trinajstić information content (AvgIpc) is 3.17. The highest BCUT2D eigenvalue weighted by Crippen LogP contribution is 2.20. The zero-order chi connectivity index (χ0) is 19.7. The van der Waals surface area contributed by atoms with Crippen LogP contribution in [0.3, 0.4) is 0 Å². The maximum atomic E-state index is 12.7. The van der Waals surface area contributed by atoms with Crippen LogP contribution in [0.2, 0.25) is 5.02 Å². The Balaban J connectivity index is 1.36. The minimum Gasteiger partial charge on any atom is -0.368 e. The number of aryl methyl sites for hydroxylation is 2. The van der Waals surface area contributed by atoms with Gasteiger partial charge in [-0.1, -0.05) is 11.6 Å². The number of fused-ring (bicyclic) bond motifs is 1. The van der Waals surface area contributed by atoms with Gasteiger partial charge in [-0.05, 0) is 50.1 Å². The van der Waals surface area contributed by atoms with Crippen molar-refractivity contribution in [2.75, 3.05) is 31.1 Å². The van der Waals surface area contributed by atoms with Crippen LogP contribution in [0.4, 0.5) is 5.69 Å². The molecule has 1 saturated heterocycles. The number of rotatable bonds is 4. The number of amides is 1. The number of anilines is 1. The zero-order valence-corrected chi connectivity index (χ0v) is 16.9. The molecule has 146 valence electrons. The predicted molar refractivity (Wildman–Crippen MR) is 109 cm³/mol. The fourth-order valence-electron chi connectivity index (χ4n) is 3.77. The molecular weight excluding hydrogens is 376 g/mol. The summed E-state index contributed by atoms with van der Waals surface area (Å²) >= 11 is 5.96. The smallest absolute Gasteiger partial charge is 0.252 e. The first-order valence-corrected chi connectivity index (χ1v) is 9.85. The normalized spacial score (nSPS) is 14.7. The number of carbonyl (C=O) groups excluding carboxylic acids is 1. The van der Waals surface area contributed by atoms with Crippen LogP contribution >= 0.6 is 11.6 Å². The van der Waals surface area contributed by atoms with Crippen molar-refractivity contribution in [2.24, 2.45) is 0 Å². The monoisotopic (exact) mass is 398 g/mol. The van der Waals surface area contributed by atoms with Gasteiger partial charge in [0.15, 0.2) is 0 Å². The number of carbonyl (C=O) groups is 1. The molecular formula is C20H23ClN6O. The molecule has 3 heterocycles. The summed E-state index contributed by atoms with van der Waals surface area (Å²) in [7, 11) is 0. The number of aromatic nitrogens is 4. The van der Waals surface area contributed by atoms with Crippen LogP contribution in [-0.2, 0) is 11.2 Å². The highest BCUT2D eigenvalue weighted by Gasteiger charge is 2.22. The molecule has 0 radical (unpaired) electrons. The van der Waals surface area contributed by atoms with E-state index in [1.54, 1.807) is 4.52 Å². The zero-order valence-electron chi connectivity index (χ0n) is 16.1. The van der Waals surface area contributed by atoms with Crippen LogP contribution in [0.1, 0.15) is 23.4 Å². The van der Waals surface area contributed by atoms with E-state index in [-0.39, 0.29) is 5.91 Å². The van der Waals surface area contributed by atoms with E-state index in [2.05, 4.69) is 20.0 Å². The van der Waals surface area contributed by atoms with Crippen LogP contribution < -0.4 is 4.90 Å². The summed E-state index contributed by atoms with van der Waals surface area (Å²) in [4.78, 5) is 25.6. The van der Waals surface area contributed by atoms with Crippen molar-refractivity contribution >= 4 is 29.0 Å². The minimum absolute atomic E-state index is 0.188. The Hall–Kier alpha value is -2.67. The lowest BCUT2D eigenvalue weighted by molar-refractivity contribution is -0.131. The number of nitrogens with zero attached hydrogens (tertiary/aromatic N) is 6. The molecule has 4 rings (SSSR count). The molecule has 2 aromatic heterocycles. The maximum absolute atomic E-state index is 12.7. The van der Waals surface area contributed by atoms with Gasteiger partial charge in [0.2, 0.25) is 5.91 Å². The molecule has 0 N–H and O–H groups in total. The molecule has 0 spiro atoms. The molecule has 8 heteroatoms. The van der Waals surface area contributed by atoms with Gasteiger partial charge < -0.3 is 9.80 Å². The molecule has 0 unspecified atom stereocenters. The summed E-state index contributed by atoms with van der Waals surface area (Å²) in [5.74, 6) is 0.789. The topological polar surface area (TPSA) is 66.6 Å². The van der Waals surface area contributed by atoms with Crippen LogP contribution in [0.5, 0.6) is 0 Å². The molecule has 3 aromatic rings. The molecule has 0 bridgehead atoms. The molecule has 28 heavy (non-hydrogen) atoms. The Kier molecular flexibility index (Phi) is 5.17. The third-order valence-electron chi connectivity index (χ3n) is 5.40. The number of benzene rings is 1. The third-order valence-corrected chi connectivity index (χ3v) is 5.65. The first-order chi connectivity index (χ1) is 13.5. The van der Waals surface area contributed by atoms with Gasteiger partial charge in [-0.25, -0.2) is 9.50 Å². The second-order valence-electron chi connectivity index (χ2n) is 7.08. The second kappa shape index (κ2) is 7.75. The van der Waals surface area contributed by atoms with E-state index in [4.69, 9.17) is 11.6 Å². The van der Waals surface area contributed by atoms with Crippen molar-refractivity contribution in [2.45, 2.75) is 26.7 Å². The van der Waals surface area contributed by atoms with Crippen LogP contribution in [0.25, 0.3) is 5.78 Å². The highest BCUT2D eigenvalue weighted by molar-refractivity contribution is 6.30. The van der Waals surface area contributed by atoms with E-state index in [0.717, 1.165) is 53.8 Å². The lowest BCUT2D eigenvalue weighted by atomic mass is 10.1. The van der Waals surface area contributed by atoms with Crippen LogP contribution in [0.15, 0.2) is 30.6 Å². The summed E-state index contributed by atoms with van der Waals surface area (Å²) in [6.07, 6.45) is 2.64. The lowest BCUT2D eigenvalue weighted by Gasteiger charge is -2.36. The highest BCUT2D eigenvalue weighted by atomic mass is 35.5. The first-order valence-electron chi connectivity index (χ1n) is 9.47. The molecule has 1 fully saturated rings. The Bertz CT molecular complexity index is 992. The maximum Gasteiger partial charge on any atom is 0.252 e. The van der Waals surface area contributed by atoms with Gasteiger partial charge in [0, 0.05) is 54.7 Å². The van der Waals surface area contributed by atoms with E-state index in [9.17, 15) is 4.79 Å². The molecule has 1 aliphatic rings. The second-order valence-corrected chi connectivity index (χ2v) is 7.51. The first kappa shape index (κ1) is 18.7. The van der Waals surface area contributed by atoms with Crippen molar-refractivity contribution in [3.8, 4) is 0 Å². The van der Waals surface area contributed by atoms with Gasteiger partial charge in [-0.15, -0.1) is 0 Å². The Morgan fingerprint density at radius 3 is 2.54 bits per heavy atom. The van der Waals surface area contributed by atoms with Crippen molar-refractivity contribution in [1.82, 2.24) is 24.5 Å². The minimum atomic E-state index is 0.188. The van der Waals surface area contributed by atoms with Gasteiger partial charge in [0.25, 0.3) is 5.78 Å². The molecule has 7 nitrogen and oxygen atoms in total. The Labute approximate surface area is 168 Å². The van der Waals surface area contributed by atoms with E-state index in [0.29, 0.717) is 18.6 Å². The van der Waals surface area contributed by atoms with Crippen LogP contribution in [-0.4, -0.2) is 56.6 Å². The van der Waals surface area contributed by atoms with E-state index >= 15 is 0 Å². The van der Waals surface area contributed by atoms with E-state index in [1.165, 1.54) is 6.33 Å². The van der Waals surface area contributed by atoms with Crippen molar-refractivity contribution in [3.05, 3.63) is 52.6 Å².